The largest absolute Gasteiger partial charge is 0.444 e. The second-order valence-electron chi connectivity index (χ2n) is 10.1. The van der Waals surface area contributed by atoms with Crippen molar-refractivity contribution in [2.24, 2.45) is 5.92 Å². The lowest BCUT2D eigenvalue weighted by atomic mass is 9.98. The molecule has 3 amide bonds. The maximum Gasteiger partial charge on any atom is 0.408 e. The number of aryl methyl sites for hydroxylation is 1. The molecule has 0 aliphatic rings. The van der Waals surface area contributed by atoms with Crippen LogP contribution in [0.25, 0.3) is 0 Å². The number of hydrogen-bond acceptors (Lipinski definition) is 5. The highest BCUT2D eigenvalue weighted by Crippen LogP contribution is 2.24. The fraction of sp³-hybridized carbons (Fsp3) is 0.630. The lowest BCUT2D eigenvalue weighted by molar-refractivity contribution is -0.142. The van der Waals surface area contributed by atoms with Gasteiger partial charge in [-0.05, 0) is 57.1 Å². The number of ether oxygens (including phenoxy) is 1. The quantitative estimate of drug-likeness (QED) is 0.334. The minimum atomic E-state index is -1.000. The number of alkyl carbamates (subject to hydrolysis) is 1. The Labute approximate surface area is 210 Å². The molecule has 0 aromatic heterocycles. The van der Waals surface area contributed by atoms with Crippen molar-refractivity contribution < 1.29 is 19.1 Å². The Morgan fingerprint density at radius 3 is 2.23 bits per heavy atom. The molecule has 1 aromatic carbocycles. The highest BCUT2D eigenvalue weighted by molar-refractivity contribution is 5.92. The molecule has 194 valence electrons. The summed E-state index contributed by atoms with van der Waals surface area (Å²) in [6, 6.07) is 7.55. The van der Waals surface area contributed by atoms with Crippen molar-refractivity contribution in [2.75, 3.05) is 13.1 Å². The van der Waals surface area contributed by atoms with E-state index in [-0.39, 0.29) is 18.4 Å². The molecule has 0 saturated heterocycles. The van der Waals surface area contributed by atoms with Crippen molar-refractivity contribution in [1.82, 2.24) is 15.5 Å². The highest BCUT2D eigenvalue weighted by Gasteiger charge is 2.36. The van der Waals surface area contributed by atoms with Gasteiger partial charge in [-0.3, -0.25) is 9.59 Å². The standard InChI is InChI=1S/C27H42N4O4/c1-8-10-16-29-24(32)23(21-13-11-20(9-2)12-14-21)31(17-15-28)25(33)22(18-19(3)4)30-26(34)35-27(5,6)7/h11-14,19,22-23H,8-10,16-18H2,1-7H3,(H,29,32)(H,30,34). The summed E-state index contributed by atoms with van der Waals surface area (Å²) in [5.41, 5.74) is 0.978. The van der Waals surface area contributed by atoms with Gasteiger partial charge < -0.3 is 20.3 Å². The Hall–Kier alpha value is -3.08. The molecular weight excluding hydrogens is 444 g/mol. The number of carbonyl (C=O) groups excluding carboxylic acids is 3. The Morgan fingerprint density at radius 2 is 1.74 bits per heavy atom. The van der Waals surface area contributed by atoms with E-state index in [1.165, 1.54) is 4.90 Å². The first kappa shape index (κ1) is 30.0. The summed E-state index contributed by atoms with van der Waals surface area (Å²) in [4.78, 5) is 40.9. The zero-order chi connectivity index (χ0) is 26.6. The number of nitrogens with one attached hydrogen (secondary N) is 2. The highest BCUT2D eigenvalue weighted by atomic mass is 16.6. The second kappa shape index (κ2) is 14.3. The fourth-order valence-electron chi connectivity index (χ4n) is 3.61. The van der Waals surface area contributed by atoms with Crippen molar-refractivity contribution in [3.63, 3.8) is 0 Å². The predicted octanol–water partition coefficient (Wildman–Crippen LogP) is 4.50. The molecule has 8 heteroatoms. The van der Waals surface area contributed by atoms with Gasteiger partial charge in [0.25, 0.3) is 0 Å². The number of hydrogen-bond donors (Lipinski definition) is 2. The van der Waals surface area contributed by atoms with E-state index in [0.717, 1.165) is 24.8 Å². The van der Waals surface area contributed by atoms with Crippen molar-refractivity contribution in [1.29, 1.82) is 5.26 Å². The smallest absolute Gasteiger partial charge is 0.408 e. The van der Waals surface area contributed by atoms with Crippen molar-refractivity contribution in [3.05, 3.63) is 35.4 Å². The van der Waals surface area contributed by atoms with Gasteiger partial charge >= 0.3 is 6.09 Å². The third-order valence-corrected chi connectivity index (χ3v) is 5.31. The number of nitrogens with zero attached hydrogens (tertiary/aromatic N) is 2. The first-order chi connectivity index (χ1) is 16.4. The number of nitriles is 1. The number of carbonyl (C=O) groups is 3. The van der Waals surface area contributed by atoms with Crippen molar-refractivity contribution >= 4 is 17.9 Å². The monoisotopic (exact) mass is 486 g/mol. The number of amides is 3. The number of unbranched alkanes of at least 4 members (excludes halogenated alkanes) is 1. The van der Waals surface area contributed by atoms with Crippen LogP contribution in [0.4, 0.5) is 4.79 Å². The summed E-state index contributed by atoms with van der Waals surface area (Å²) in [7, 11) is 0. The summed E-state index contributed by atoms with van der Waals surface area (Å²) in [5, 5.41) is 15.1. The van der Waals surface area contributed by atoms with E-state index < -0.39 is 29.7 Å². The fourth-order valence-corrected chi connectivity index (χ4v) is 3.61. The van der Waals surface area contributed by atoms with Crippen molar-refractivity contribution in [3.8, 4) is 6.07 Å². The molecular formula is C27H42N4O4. The lowest BCUT2D eigenvalue weighted by Gasteiger charge is -2.33. The minimum absolute atomic E-state index is 0.0727. The van der Waals surface area contributed by atoms with E-state index >= 15 is 0 Å². The van der Waals surface area contributed by atoms with Gasteiger partial charge in [-0.25, -0.2) is 4.79 Å². The SMILES string of the molecule is CCCCNC(=O)C(c1ccc(CC)cc1)N(CC#N)C(=O)C(CC(C)C)NC(=O)OC(C)(C)C. The number of rotatable bonds is 12. The van der Waals surface area contributed by atoms with Gasteiger partial charge in [0.2, 0.25) is 11.8 Å². The average molecular weight is 487 g/mol. The normalized spacial score (nSPS) is 12.9. The van der Waals surface area contributed by atoms with E-state index in [2.05, 4.69) is 10.6 Å². The van der Waals surface area contributed by atoms with E-state index in [1.807, 2.05) is 58.0 Å². The molecule has 0 fully saturated rings. The van der Waals surface area contributed by atoms with Gasteiger partial charge in [0, 0.05) is 6.54 Å². The van der Waals surface area contributed by atoms with Crippen LogP contribution in [0.3, 0.4) is 0 Å². The van der Waals surface area contributed by atoms with E-state index in [4.69, 9.17) is 4.74 Å². The molecule has 1 rings (SSSR count). The third kappa shape index (κ3) is 10.4. The molecule has 0 aliphatic carbocycles. The summed E-state index contributed by atoms with van der Waals surface area (Å²) in [5.74, 6) is -0.781. The van der Waals surface area contributed by atoms with Crippen LogP contribution in [0.1, 0.15) is 84.9 Å². The van der Waals surface area contributed by atoms with Crippen molar-refractivity contribution in [2.45, 2.75) is 91.8 Å². The summed E-state index contributed by atoms with van der Waals surface area (Å²) in [6.07, 6.45) is 2.16. The Bertz CT molecular complexity index is 869. The molecule has 0 spiro atoms. The van der Waals surface area contributed by atoms with Crippen LogP contribution in [0.2, 0.25) is 0 Å². The molecule has 0 radical (unpaired) electrons. The Balaban J connectivity index is 3.39. The lowest BCUT2D eigenvalue weighted by Crippen LogP contribution is -2.53. The van der Waals surface area contributed by atoms with Crippen LogP contribution in [-0.4, -0.2) is 47.5 Å². The Kier molecular flexibility index (Phi) is 12.3. The minimum Gasteiger partial charge on any atom is -0.444 e. The van der Waals surface area contributed by atoms with Crippen LogP contribution in [0.15, 0.2) is 24.3 Å². The van der Waals surface area contributed by atoms with Gasteiger partial charge in [-0.15, -0.1) is 0 Å². The molecule has 0 saturated carbocycles. The van der Waals surface area contributed by atoms with Gasteiger partial charge in [-0.1, -0.05) is 58.4 Å². The summed E-state index contributed by atoms with van der Waals surface area (Å²) in [6.45, 7) is 13.3. The molecule has 35 heavy (non-hydrogen) atoms. The van der Waals surface area contributed by atoms with Gasteiger partial charge in [0.1, 0.15) is 24.2 Å². The topological polar surface area (TPSA) is 112 Å². The molecule has 8 nitrogen and oxygen atoms in total. The summed E-state index contributed by atoms with van der Waals surface area (Å²) >= 11 is 0. The van der Waals surface area contributed by atoms with E-state index in [1.54, 1.807) is 20.8 Å². The molecule has 1 aromatic rings. The molecule has 2 atom stereocenters. The zero-order valence-electron chi connectivity index (χ0n) is 22.3. The van der Waals surface area contributed by atoms with Gasteiger partial charge in [0.15, 0.2) is 0 Å². The second-order valence-corrected chi connectivity index (χ2v) is 10.1. The third-order valence-electron chi connectivity index (χ3n) is 5.31. The van der Waals surface area contributed by atoms with Crippen LogP contribution >= 0.6 is 0 Å². The molecule has 2 unspecified atom stereocenters. The molecule has 0 bridgehead atoms. The van der Waals surface area contributed by atoms with Gasteiger partial charge in [-0.2, -0.15) is 5.26 Å². The van der Waals surface area contributed by atoms with Crippen LogP contribution < -0.4 is 10.6 Å². The van der Waals surface area contributed by atoms with E-state index in [0.29, 0.717) is 18.5 Å². The molecule has 0 heterocycles. The Morgan fingerprint density at radius 1 is 1.11 bits per heavy atom. The number of benzene rings is 1. The first-order valence-corrected chi connectivity index (χ1v) is 12.5. The van der Waals surface area contributed by atoms with Crippen LogP contribution in [-0.2, 0) is 20.7 Å². The summed E-state index contributed by atoms with van der Waals surface area (Å²) < 4.78 is 5.36. The zero-order valence-corrected chi connectivity index (χ0v) is 22.3. The predicted molar refractivity (Wildman–Crippen MR) is 136 cm³/mol. The molecule has 2 N–H and O–H groups in total. The maximum atomic E-state index is 13.8. The average Bonchev–Trinajstić information content (AvgIpc) is 2.77. The first-order valence-electron chi connectivity index (χ1n) is 12.5. The van der Waals surface area contributed by atoms with Crippen LogP contribution in [0, 0.1) is 17.2 Å². The van der Waals surface area contributed by atoms with Crippen LogP contribution in [0.5, 0.6) is 0 Å². The maximum absolute atomic E-state index is 13.8. The van der Waals surface area contributed by atoms with Gasteiger partial charge in [0.05, 0.1) is 6.07 Å². The van der Waals surface area contributed by atoms with E-state index in [9.17, 15) is 19.6 Å². The molecule has 0 aliphatic heterocycles.